The third-order valence-electron chi connectivity index (χ3n) is 2.65. The van der Waals surface area contributed by atoms with Crippen LogP contribution < -0.4 is 5.14 Å². The second kappa shape index (κ2) is 7.74. The molecule has 0 aliphatic rings. The molecule has 0 fully saturated rings. The molecule has 0 amide bonds. The quantitative estimate of drug-likeness (QED) is 0.606. The minimum Gasteiger partial charge on any atom is -0.460 e. The molecule has 21 heavy (non-hydrogen) atoms. The third kappa shape index (κ3) is 5.28. The van der Waals surface area contributed by atoms with Crippen LogP contribution in [-0.4, -0.2) is 34.2 Å². The zero-order valence-corrected chi connectivity index (χ0v) is 13.5. The fourth-order valence-corrected chi connectivity index (χ4v) is 2.69. The number of carbonyl (C=O) groups excluding carboxylic acids is 1. The second-order valence-electron chi connectivity index (χ2n) is 4.37. The summed E-state index contributed by atoms with van der Waals surface area (Å²) < 4.78 is 33.1. The summed E-state index contributed by atoms with van der Waals surface area (Å²) in [4.78, 5) is 11.7. The molecule has 0 saturated heterocycles. The van der Waals surface area contributed by atoms with Gasteiger partial charge < -0.3 is 9.47 Å². The van der Waals surface area contributed by atoms with Crippen LogP contribution in [0.2, 0.25) is 5.02 Å². The van der Waals surface area contributed by atoms with Crippen molar-refractivity contribution in [3.8, 4) is 0 Å². The van der Waals surface area contributed by atoms with Crippen molar-refractivity contribution in [3.05, 3.63) is 28.3 Å². The molecule has 0 heterocycles. The summed E-state index contributed by atoms with van der Waals surface area (Å²) in [6.45, 7) is 4.42. The Morgan fingerprint density at radius 3 is 2.52 bits per heavy atom. The van der Waals surface area contributed by atoms with E-state index in [2.05, 4.69) is 0 Å². The van der Waals surface area contributed by atoms with Gasteiger partial charge in [-0.3, -0.25) is 0 Å². The van der Waals surface area contributed by atoms with Gasteiger partial charge in [-0.05, 0) is 31.0 Å². The summed E-state index contributed by atoms with van der Waals surface area (Å²) >= 11 is 5.92. The topological polar surface area (TPSA) is 95.7 Å². The van der Waals surface area contributed by atoms with Gasteiger partial charge in [-0.15, -0.1) is 0 Å². The van der Waals surface area contributed by atoms with Crippen molar-refractivity contribution in [2.75, 3.05) is 19.8 Å². The fourth-order valence-electron chi connectivity index (χ4n) is 1.59. The number of carbonyl (C=O) groups is 1. The van der Waals surface area contributed by atoms with Crippen LogP contribution in [0.25, 0.3) is 0 Å². The van der Waals surface area contributed by atoms with E-state index in [0.29, 0.717) is 12.2 Å². The molecule has 0 spiro atoms. The monoisotopic (exact) mass is 335 g/mol. The van der Waals surface area contributed by atoms with Crippen molar-refractivity contribution in [3.63, 3.8) is 0 Å². The molecule has 118 valence electrons. The van der Waals surface area contributed by atoms with E-state index in [9.17, 15) is 13.2 Å². The van der Waals surface area contributed by atoms with Gasteiger partial charge in [0.05, 0.1) is 17.1 Å². The number of hydrogen-bond acceptors (Lipinski definition) is 5. The SMILES string of the molecule is CCCOCCOC(=O)c1cc(Cl)c(C)c(S(N)(=O)=O)c1. The second-order valence-corrected chi connectivity index (χ2v) is 6.31. The summed E-state index contributed by atoms with van der Waals surface area (Å²) in [5.41, 5.74) is 0.326. The number of nitrogens with two attached hydrogens (primary N) is 1. The molecule has 1 aromatic rings. The third-order valence-corrected chi connectivity index (χ3v) is 4.08. The Morgan fingerprint density at radius 2 is 1.95 bits per heavy atom. The van der Waals surface area contributed by atoms with Crippen LogP contribution in [-0.2, 0) is 19.5 Å². The average Bonchev–Trinajstić information content (AvgIpc) is 2.39. The molecule has 0 atom stereocenters. The zero-order valence-electron chi connectivity index (χ0n) is 11.9. The Hall–Kier alpha value is -1.15. The smallest absolute Gasteiger partial charge is 0.338 e. The first-order chi connectivity index (χ1) is 9.77. The Bertz CT molecular complexity index is 615. The Kier molecular flexibility index (Phi) is 6.60. The van der Waals surface area contributed by atoms with Gasteiger partial charge in [0.15, 0.2) is 0 Å². The maximum Gasteiger partial charge on any atom is 0.338 e. The number of rotatable bonds is 7. The van der Waals surface area contributed by atoms with Crippen molar-refractivity contribution < 1.29 is 22.7 Å². The molecular weight excluding hydrogens is 318 g/mol. The zero-order chi connectivity index (χ0) is 16.0. The fraction of sp³-hybridized carbons (Fsp3) is 0.462. The van der Waals surface area contributed by atoms with Crippen molar-refractivity contribution in [2.45, 2.75) is 25.2 Å². The molecule has 0 unspecified atom stereocenters. The van der Waals surface area contributed by atoms with Crippen molar-refractivity contribution in [2.24, 2.45) is 5.14 Å². The highest BCUT2D eigenvalue weighted by atomic mass is 35.5. The van der Waals surface area contributed by atoms with Gasteiger partial charge in [0.25, 0.3) is 0 Å². The van der Waals surface area contributed by atoms with Crippen molar-refractivity contribution >= 4 is 27.6 Å². The highest BCUT2D eigenvalue weighted by Gasteiger charge is 2.18. The molecule has 0 aromatic heterocycles. The molecule has 0 radical (unpaired) electrons. The number of ether oxygens (including phenoxy) is 2. The van der Waals surface area contributed by atoms with E-state index in [1.165, 1.54) is 13.0 Å². The molecule has 0 aliphatic carbocycles. The maximum absolute atomic E-state index is 11.8. The molecule has 0 aliphatic heterocycles. The van der Waals surface area contributed by atoms with Crippen LogP contribution >= 0.6 is 11.6 Å². The highest BCUT2D eigenvalue weighted by Crippen LogP contribution is 2.25. The number of sulfonamides is 1. The number of hydrogen-bond donors (Lipinski definition) is 1. The predicted molar refractivity (Wildman–Crippen MR) is 79.0 cm³/mol. The van der Waals surface area contributed by atoms with Crippen LogP contribution in [0.15, 0.2) is 17.0 Å². The van der Waals surface area contributed by atoms with Crippen molar-refractivity contribution in [1.82, 2.24) is 0 Å². The molecule has 8 heteroatoms. The van der Waals surface area contributed by atoms with E-state index in [4.69, 9.17) is 26.2 Å². The van der Waals surface area contributed by atoms with Gasteiger partial charge in [-0.2, -0.15) is 0 Å². The number of halogens is 1. The first-order valence-corrected chi connectivity index (χ1v) is 8.27. The number of benzene rings is 1. The first-order valence-electron chi connectivity index (χ1n) is 6.35. The van der Waals surface area contributed by atoms with E-state index in [0.717, 1.165) is 12.5 Å². The molecule has 1 rings (SSSR count). The number of esters is 1. The van der Waals surface area contributed by atoms with E-state index >= 15 is 0 Å². The van der Waals surface area contributed by atoms with Gasteiger partial charge in [-0.25, -0.2) is 18.4 Å². The molecule has 6 nitrogen and oxygen atoms in total. The summed E-state index contributed by atoms with van der Waals surface area (Å²) in [5.74, 6) is -0.679. The molecule has 2 N–H and O–H groups in total. The normalized spacial score (nSPS) is 11.4. The molecular formula is C13H18ClNO5S. The Labute approximate surface area is 129 Å². The van der Waals surface area contributed by atoms with Crippen molar-refractivity contribution in [1.29, 1.82) is 0 Å². The van der Waals surface area contributed by atoms with E-state index in [1.807, 2.05) is 6.92 Å². The predicted octanol–water partition coefficient (Wildman–Crippen LogP) is 1.88. The minimum atomic E-state index is -3.96. The van der Waals surface area contributed by atoms with Gasteiger partial charge in [0, 0.05) is 11.6 Å². The lowest BCUT2D eigenvalue weighted by Gasteiger charge is -2.10. The van der Waals surface area contributed by atoms with E-state index < -0.39 is 16.0 Å². The van der Waals surface area contributed by atoms with E-state index in [-0.39, 0.29) is 28.7 Å². The van der Waals surface area contributed by atoms with Crippen LogP contribution in [0.5, 0.6) is 0 Å². The van der Waals surface area contributed by atoms with Crippen LogP contribution in [0.1, 0.15) is 29.3 Å². The standard InChI is InChI=1S/C13H18ClNO5S/c1-3-4-19-5-6-20-13(16)10-7-11(14)9(2)12(8-10)21(15,17)18/h7-8H,3-6H2,1-2H3,(H2,15,17,18). The molecule has 0 bridgehead atoms. The van der Waals surface area contributed by atoms with Crippen LogP contribution in [0, 0.1) is 6.92 Å². The Morgan fingerprint density at radius 1 is 1.29 bits per heavy atom. The summed E-state index contributed by atoms with van der Waals surface area (Å²) in [6.07, 6.45) is 0.874. The van der Waals surface area contributed by atoms with E-state index in [1.54, 1.807) is 0 Å². The summed E-state index contributed by atoms with van der Waals surface area (Å²) in [6, 6.07) is 2.51. The molecule has 0 saturated carbocycles. The largest absolute Gasteiger partial charge is 0.460 e. The Balaban J connectivity index is 2.84. The van der Waals surface area contributed by atoms with Crippen LogP contribution in [0.3, 0.4) is 0 Å². The van der Waals surface area contributed by atoms with Gasteiger partial charge in [0.1, 0.15) is 6.61 Å². The lowest BCUT2D eigenvalue weighted by atomic mass is 10.1. The molecule has 1 aromatic carbocycles. The number of primary sulfonamides is 1. The minimum absolute atomic E-state index is 0.0325. The highest BCUT2D eigenvalue weighted by molar-refractivity contribution is 7.89. The lowest BCUT2D eigenvalue weighted by molar-refractivity contribution is 0.0318. The summed E-state index contributed by atoms with van der Waals surface area (Å²) in [7, 11) is -3.96. The van der Waals surface area contributed by atoms with Gasteiger partial charge in [-0.1, -0.05) is 18.5 Å². The lowest BCUT2D eigenvalue weighted by Crippen LogP contribution is -2.16. The van der Waals surface area contributed by atoms with Crippen LogP contribution in [0.4, 0.5) is 0 Å². The first kappa shape index (κ1) is 17.9. The average molecular weight is 336 g/mol. The maximum atomic E-state index is 11.8. The summed E-state index contributed by atoms with van der Waals surface area (Å²) in [5, 5.41) is 5.23. The van der Waals surface area contributed by atoms with Gasteiger partial charge in [0.2, 0.25) is 10.0 Å². The van der Waals surface area contributed by atoms with Gasteiger partial charge >= 0.3 is 5.97 Å².